The first kappa shape index (κ1) is 15.0. The number of benzene rings is 1. The molecule has 0 bridgehead atoms. The SMILES string of the molecule is CCN(CC)C(=O)C1CN(Cc2ccccc2)CC1C. The Morgan fingerprint density at radius 3 is 2.45 bits per heavy atom. The minimum absolute atomic E-state index is 0.165. The van der Waals surface area contributed by atoms with E-state index in [9.17, 15) is 4.79 Å². The van der Waals surface area contributed by atoms with Gasteiger partial charge in [-0.1, -0.05) is 37.3 Å². The van der Waals surface area contributed by atoms with Crippen LogP contribution in [-0.2, 0) is 11.3 Å². The minimum atomic E-state index is 0.165. The normalized spacial score (nSPS) is 22.9. The molecule has 1 heterocycles. The molecule has 0 aliphatic carbocycles. The second-order valence-corrected chi connectivity index (χ2v) is 5.77. The van der Waals surface area contributed by atoms with Gasteiger partial charge in [0.1, 0.15) is 0 Å². The van der Waals surface area contributed by atoms with Gasteiger partial charge in [-0.25, -0.2) is 0 Å². The summed E-state index contributed by atoms with van der Waals surface area (Å²) in [5.74, 6) is 0.948. The molecule has 110 valence electrons. The van der Waals surface area contributed by atoms with Crippen molar-refractivity contribution in [2.75, 3.05) is 26.2 Å². The Balaban J connectivity index is 1.96. The Hall–Kier alpha value is -1.35. The molecule has 1 aliphatic rings. The van der Waals surface area contributed by atoms with Crippen LogP contribution in [0.4, 0.5) is 0 Å². The van der Waals surface area contributed by atoms with Crippen LogP contribution in [0.2, 0.25) is 0 Å². The molecule has 1 amide bonds. The summed E-state index contributed by atoms with van der Waals surface area (Å²) in [6.07, 6.45) is 0. The van der Waals surface area contributed by atoms with Crippen molar-refractivity contribution in [2.45, 2.75) is 27.3 Å². The highest BCUT2D eigenvalue weighted by atomic mass is 16.2. The van der Waals surface area contributed by atoms with E-state index in [1.54, 1.807) is 0 Å². The van der Waals surface area contributed by atoms with Crippen LogP contribution in [0.1, 0.15) is 26.3 Å². The molecule has 1 aromatic carbocycles. The summed E-state index contributed by atoms with van der Waals surface area (Å²) in [6.45, 7) is 10.8. The zero-order valence-electron chi connectivity index (χ0n) is 12.9. The van der Waals surface area contributed by atoms with Gasteiger partial charge in [0.15, 0.2) is 0 Å². The molecule has 3 nitrogen and oxygen atoms in total. The number of likely N-dealkylation sites (tertiary alicyclic amines) is 1. The summed E-state index contributed by atoms with van der Waals surface area (Å²) >= 11 is 0. The van der Waals surface area contributed by atoms with Crippen molar-refractivity contribution in [3.63, 3.8) is 0 Å². The zero-order chi connectivity index (χ0) is 14.5. The summed E-state index contributed by atoms with van der Waals surface area (Å²) in [7, 11) is 0. The van der Waals surface area contributed by atoms with Crippen molar-refractivity contribution in [1.82, 2.24) is 9.80 Å². The highest BCUT2D eigenvalue weighted by molar-refractivity contribution is 5.79. The van der Waals surface area contributed by atoms with E-state index in [0.29, 0.717) is 11.8 Å². The highest BCUT2D eigenvalue weighted by Crippen LogP contribution is 2.26. The zero-order valence-corrected chi connectivity index (χ0v) is 12.9. The number of rotatable bonds is 5. The van der Waals surface area contributed by atoms with E-state index in [4.69, 9.17) is 0 Å². The Morgan fingerprint density at radius 1 is 1.20 bits per heavy atom. The quantitative estimate of drug-likeness (QED) is 0.824. The molecule has 2 unspecified atom stereocenters. The smallest absolute Gasteiger partial charge is 0.227 e. The van der Waals surface area contributed by atoms with Crippen molar-refractivity contribution in [1.29, 1.82) is 0 Å². The largest absolute Gasteiger partial charge is 0.343 e. The first-order valence-electron chi connectivity index (χ1n) is 7.70. The molecule has 0 N–H and O–H groups in total. The molecular weight excluding hydrogens is 248 g/mol. The molecule has 0 spiro atoms. The first-order chi connectivity index (χ1) is 9.65. The number of carbonyl (C=O) groups excluding carboxylic acids is 1. The predicted octanol–water partition coefficient (Wildman–Crippen LogP) is 2.62. The summed E-state index contributed by atoms with van der Waals surface area (Å²) < 4.78 is 0. The average molecular weight is 274 g/mol. The van der Waals surface area contributed by atoms with Gasteiger partial charge in [0.2, 0.25) is 5.91 Å². The molecule has 1 saturated heterocycles. The second-order valence-electron chi connectivity index (χ2n) is 5.77. The van der Waals surface area contributed by atoms with E-state index >= 15 is 0 Å². The topological polar surface area (TPSA) is 23.6 Å². The van der Waals surface area contributed by atoms with Gasteiger partial charge in [-0.3, -0.25) is 9.69 Å². The maximum Gasteiger partial charge on any atom is 0.227 e. The molecule has 20 heavy (non-hydrogen) atoms. The number of carbonyl (C=O) groups is 1. The second kappa shape index (κ2) is 6.89. The van der Waals surface area contributed by atoms with E-state index in [-0.39, 0.29) is 5.92 Å². The minimum Gasteiger partial charge on any atom is -0.343 e. The van der Waals surface area contributed by atoms with Gasteiger partial charge in [-0.05, 0) is 25.3 Å². The third kappa shape index (κ3) is 3.40. The van der Waals surface area contributed by atoms with Gasteiger partial charge >= 0.3 is 0 Å². The van der Waals surface area contributed by atoms with Gasteiger partial charge in [-0.15, -0.1) is 0 Å². The van der Waals surface area contributed by atoms with Crippen LogP contribution in [-0.4, -0.2) is 41.9 Å². The van der Waals surface area contributed by atoms with Crippen LogP contribution in [0.25, 0.3) is 0 Å². The lowest BCUT2D eigenvalue weighted by Crippen LogP contribution is -2.38. The molecule has 1 fully saturated rings. The van der Waals surface area contributed by atoms with Crippen LogP contribution < -0.4 is 0 Å². The molecule has 2 rings (SSSR count). The molecule has 0 aromatic heterocycles. The Labute approximate surface area is 122 Å². The van der Waals surface area contributed by atoms with E-state index in [0.717, 1.165) is 32.7 Å². The van der Waals surface area contributed by atoms with Crippen LogP contribution in [0.15, 0.2) is 30.3 Å². The number of hydrogen-bond donors (Lipinski definition) is 0. The van der Waals surface area contributed by atoms with Crippen molar-refractivity contribution < 1.29 is 4.79 Å². The molecular formula is C17H26N2O. The van der Waals surface area contributed by atoms with E-state index in [1.165, 1.54) is 5.56 Å². The lowest BCUT2D eigenvalue weighted by Gasteiger charge is -2.24. The summed E-state index contributed by atoms with van der Waals surface area (Å²) in [5, 5.41) is 0. The Bertz CT molecular complexity index is 428. The fourth-order valence-electron chi connectivity index (χ4n) is 3.13. The first-order valence-corrected chi connectivity index (χ1v) is 7.70. The standard InChI is InChI=1S/C17H26N2O/c1-4-19(5-2)17(20)16-13-18(11-14(16)3)12-15-9-7-6-8-10-15/h6-10,14,16H,4-5,11-13H2,1-3H3. The maximum absolute atomic E-state index is 12.5. The van der Waals surface area contributed by atoms with Gasteiger partial charge in [-0.2, -0.15) is 0 Å². The number of amides is 1. The Morgan fingerprint density at radius 2 is 1.85 bits per heavy atom. The number of nitrogens with zero attached hydrogens (tertiary/aromatic N) is 2. The molecule has 0 saturated carbocycles. The third-order valence-electron chi connectivity index (χ3n) is 4.33. The third-order valence-corrected chi connectivity index (χ3v) is 4.33. The molecule has 0 radical (unpaired) electrons. The summed E-state index contributed by atoms with van der Waals surface area (Å²) in [5.41, 5.74) is 1.33. The van der Waals surface area contributed by atoms with E-state index in [2.05, 4.69) is 49.9 Å². The highest BCUT2D eigenvalue weighted by Gasteiger charge is 2.36. The number of hydrogen-bond acceptors (Lipinski definition) is 2. The monoisotopic (exact) mass is 274 g/mol. The summed E-state index contributed by atoms with van der Waals surface area (Å²) in [6, 6.07) is 10.5. The average Bonchev–Trinajstić information content (AvgIpc) is 2.82. The van der Waals surface area contributed by atoms with Crippen molar-refractivity contribution in [3.05, 3.63) is 35.9 Å². The van der Waals surface area contributed by atoms with Crippen molar-refractivity contribution in [3.8, 4) is 0 Å². The summed E-state index contributed by atoms with van der Waals surface area (Å²) in [4.78, 5) is 16.9. The predicted molar refractivity (Wildman–Crippen MR) is 82.3 cm³/mol. The maximum atomic E-state index is 12.5. The van der Waals surface area contributed by atoms with Crippen LogP contribution >= 0.6 is 0 Å². The van der Waals surface area contributed by atoms with Crippen LogP contribution in [0.5, 0.6) is 0 Å². The van der Waals surface area contributed by atoms with Gasteiger partial charge < -0.3 is 4.90 Å². The molecule has 3 heteroatoms. The molecule has 1 aliphatic heterocycles. The molecule has 2 atom stereocenters. The lowest BCUT2D eigenvalue weighted by atomic mass is 9.96. The lowest BCUT2D eigenvalue weighted by molar-refractivity contribution is -0.135. The van der Waals surface area contributed by atoms with Crippen molar-refractivity contribution >= 4 is 5.91 Å². The van der Waals surface area contributed by atoms with Gasteiger partial charge in [0, 0.05) is 32.7 Å². The fraction of sp³-hybridized carbons (Fsp3) is 0.588. The van der Waals surface area contributed by atoms with Gasteiger partial charge in [0.05, 0.1) is 5.92 Å². The van der Waals surface area contributed by atoms with Crippen molar-refractivity contribution in [2.24, 2.45) is 11.8 Å². The van der Waals surface area contributed by atoms with E-state index in [1.807, 2.05) is 11.0 Å². The van der Waals surface area contributed by atoms with E-state index < -0.39 is 0 Å². The van der Waals surface area contributed by atoms with Crippen LogP contribution in [0.3, 0.4) is 0 Å². The fourth-order valence-corrected chi connectivity index (χ4v) is 3.13. The van der Waals surface area contributed by atoms with Gasteiger partial charge in [0.25, 0.3) is 0 Å². The Kier molecular flexibility index (Phi) is 5.18. The molecule has 1 aromatic rings. The van der Waals surface area contributed by atoms with Crippen LogP contribution in [0, 0.1) is 11.8 Å².